The molecule has 2 N–H and O–H groups in total. The largest absolute Gasteiger partial charge is 0.462 e. The molecule has 1 aromatic rings. The number of halogens is 5. The minimum atomic E-state index is -4.59. The number of aliphatic hydroxyl groups is 1. The maximum Gasteiger partial charge on any atom is 0.323 e. The Balaban J connectivity index is 1.93. The molecule has 3 rings (SSSR count). The molecule has 222 valence electrons. The minimum absolute atomic E-state index is 0.0640. The summed E-state index contributed by atoms with van der Waals surface area (Å²) in [5.41, 5.74) is -3.51. The van der Waals surface area contributed by atoms with E-state index in [2.05, 4.69) is 5.09 Å². The first kappa shape index (κ1) is 32.0. The molecule has 1 fully saturated rings. The third-order valence-electron chi connectivity index (χ3n) is 5.71. The van der Waals surface area contributed by atoms with Crippen LogP contribution in [0.2, 0.25) is 0 Å². The van der Waals surface area contributed by atoms with Gasteiger partial charge in [0.1, 0.15) is 11.8 Å². The van der Waals surface area contributed by atoms with E-state index < -0.39 is 85.6 Å². The van der Waals surface area contributed by atoms with Crippen LogP contribution >= 0.6 is 6.64 Å². The average Bonchev–Trinajstić information content (AvgIpc) is 3.06. The number of benzene rings is 1. The number of amides is 1. The highest BCUT2D eigenvalue weighted by atomic mass is 32.5. The summed E-state index contributed by atoms with van der Waals surface area (Å²) in [5.74, 6) is -9.60. The lowest BCUT2D eigenvalue weighted by Crippen LogP contribution is -2.55. The van der Waals surface area contributed by atoms with Crippen molar-refractivity contribution in [3.05, 3.63) is 42.4 Å². The van der Waals surface area contributed by atoms with Gasteiger partial charge in [0.15, 0.2) is 17.5 Å². The van der Waals surface area contributed by atoms with Gasteiger partial charge in [-0.25, -0.2) is 18.3 Å². The van der Waals surface area contributed by atoms with Crippen molar-refractivity contribution in [2.75, 3.05) is 6.61 Å². The molecule has 2 aliphatic heterocycles. The summed E-state index contributed by atoms with van der Waals surface area (Å²) in [6.45, 7) is -1.13. The number of nitrogens with one attached hydrogen (secondary N) is 1. The van der Waals surface area contributed by atoms with Crippen LogP contribution in [0, 0.1) is 0 Å². The summed E-state index contributed by atoms with van der Waals surface area (Å²) in [4.78, 5) is 35.9. The van der Waals surface area contributed by atoms with Crippen molar-refractivity contribution in [2.24, 2.45) is 0 Å². The van der Waals surface area contributed by atoms with Crippen molar-refractivity contribution in [3.8, 4) is 5.75 Å². The zero-order valence-corrected chi connectivity index (χ0v) is 23.0. The van der Waals surface area contributed by atoms with Crippen LogP contribution < -0.4 is 9.61 Å². The first-order chi connectivity index (χ1) is 18.5. The van der Waals surface area contributed by atoms with Gasteiger partial charge in [0, 0.05) is 6.20 Å². The maximum absolute atomic E-state index is 15.1. The van der Waals surface area contributed by atoms with Crippen molar-refractivity contribution >= 4 is 36.1 Å². The number of hydrogen-bond acceptors (Lipinski definition) is 9. The number of para-hydroxylation sites is 1. The Bertz CT molecular complexity index is 1210. The van der Waals surface area contributed by atoms with Crippen LogP contribution in [0.1, 0.15) is 27.2 Å². The molecule has 0 bridgehead atoms. The molecule has 10 nitrogen and oxygen atoms in total. The first-order valence-electron chi connectivity index (χ1n) is 11.7. The Morgan fingerprint density at radius 3 is 2.45 bits per heavy atom. The highest BCUT2D eigenvalue weighted by Gasteiger charge is 2.72. The quantitative estimate of drug-likeness (QED) is 0.166. The average molecular weight is 616 g/mol. The predicted molar refractivity (Wildman–Crippen MR) is 131 cm³/mol. The molecule has 1 unspecified atom stereocenters. The number of nitrogens with zero attached hydrogens (tertiary/aromatic N) is 1. The Kier molecular flexibility index (Phi) is 9.74. The lowest BCUT2D eigenvalue weighted by atomic mass is 9.95. The van der Waals surface area contributed by atoms with E-state index in [1.165, 1.54) is 31.2 Å². The molecule has 1 amide bonds. The lowest BCUT2D eigenvalue weighted by Gasteiger charge is -2.34. The fourth-order valence-electron chi connectivity index (χ4n) is 3.70. The van der Waals surface area contributed by atoms with Crippen LogP contribution in [0.25, 0.3) is 0 Å². The van der Waals surface area contributed by atoms with E-state index in [4.69, 9.17) is 30.3 Å². The van der Waals surface area contributed by atoms with Gasteiger partial charge in [-0.2, -0.15) is 8.78 Å². The number of Topliss-reactive ketones (excluding diaryl/α,β-unsaturated/α-hetero) is 1. The van der Waals surface area contributed by atoms with Gasteiger partial charge < -0.3 is 23.6 Å². The number of ketones is 1. The topological polar surface area (TPSA) is 124 Å². The number of esters is 1. The molecule has 1 saturated heterocycles. The number of hydrogen-bond donors (Lipinski definition) is 2. The van der Waals surface area contributed by atoms with Gasteiger partial charge in [0.25, 0.3) is 6.43 Å². The fraction of sp³-hybridized carbons (Fsp3) is 0.522. The normalized spacial score (nSPS) is 27.0. The zero-order chi connectivity index (χ0) is 30.0. The van der Waals surface area contributed by atoms with Crippen LogP contribution in [0.4, 0.5) is 22.0 Å². The number of carbonyl (C=O) groups excluding carboxylic acids is 3. The summed E-state index contributed by atoms with van der Waals surface area (Å²) in [6, 6.07) is 6.31. The molecular formula is C23H26F5N2O8PS. The summed E-state index contributed by atoms with van der Waals surface area (Å²) in [6.07, 6.45) is -11.7. The fourth-order valence-corrected chi connectivity index (χ4v) is 6.12. The van der Waals surface area contributed by atoms with E-state index in [-0.39, 0.29) is 16.8 Å². The van der Waals surface area contributed by atoms with Crippen LogP contribution in [-0.4, -0.2) is 76.7 Å². The van der Waals surface area contributed by atoms with E-state index in [1.807, 2.05) is 0 Å². The molecule has 0 saturated carbocycles. The van der Waals surface area contributed by atoms with Gasteiger partial charge in [-0.05, 0) is 44.7 Å². The van der Waals surface area contributed by atoms with E-state index in [9.17, 15) is 32.7 Å². The summed E-state index contributed by atoms with van der Waals surface area (Å²) in [5, 5.41) is 12.9. The van der Waals surface area contributed by atoms with Crippen molar-refractivity contribution < 1.29 is 60.0 Å². The number of rotatable bonds is 11. The Labute approximate surface area is 230 Å². The third kappa shape index (κ3) is 6.69. The second kappa shape index (κ2) is 12.2. The van der Waals surface area contributed by atoms with Crippen LogP contribution in [0.3, 0.4) is 0 Å². The number of aliphatic hydroxyl groups excluding tert-OH is 1. The number of allylic oxidation sites excluding steroid dienone is 1. The first-order valence-corrected chi connectivity index (χ1v) is 14.4. The van der Waals surface area contributed by atoms with Crippen LogP contribution in [0.5, 0.6) is 5.75 Å². The minimum Gasteiger partial charge on any atom is -0.462 e. The van der Waals surface area contributed by atoms with E-state index in [1.54, 1.807) is 19.9 Å². The van der Waals surface area contributed by atoms with Crippen molar-refractivity contribution in [2.45, 2.75) is 69.6 Å². The SMILES string of the molecule is CC(C)OC(=O)[C@H](C)NP(=S)(OC[C@@]1(C(F)F)O[C@@H](N2C=C(F)C(=O)CC2=O)C(F)(F)[C@@H]1O)Oc1ccccc1. The van der Waals surface area contributed by atoms with Crippen molar-refractivity contribution in [3.63, 3.8) is 0 Å². The molecule has 0 spiro atoms. The summed E-state index contributed by atoms with van der Waals surface area (Å²) in [7, 11) is 0. The van der Waals surface area contributed by atoms with Crippen molar-refractivity contribution in [1.82, 2.24) is 9.99 Å². The standard InChI is InChI=1S/C23H26F5N2O8PS/c1-12(2)36-18(33)13(3)29-39(40,38-14-7-5-4-6-8-14)35-11-22(20(25)26)19(34)23(27,28)21(37-22)30-10-15(24)16(31)9-17(30)32/h4-8,10,12-13,19-21,34H,9,11H2,1-3H3,(H,29,40)/t13-,19+,21+,22+,39?/m0/s1. The molecule has 2 aliphatic rings. The Hall–Kier alpha value is -2.49. The molecule has 1 aromatic carbocycles. The van der Waals surface area contributed by atoms with E-state index in [0.29, 0.717) is 0 Å². The highest BCUT2D eigenvalue weighted by Crippen LogP contribution is 2.52. The summed E-state index contributed by atoms with van der Waals surface area (Å²) >= 11 is 5.38. The molecule has 0 aromatic heterocycles. The van der Waals surface area contributed by atoms with Gasteiger partial charge in [-0.1, -0.05) is 18.2 Å². The van der Waals surface area contributed by atoms with Crippen molar-refractivity contribution in [1.29, 1.82) is 0 Å². The highest BCUT2D eigenvalue weighted by molar-refractivity contribution is 8.09. The third-order valence-corrected chi connectivity index (χ3v) is 8.19. The van der Waals surface area contributed by atoms with Crippen LogP contribution in [-0.2, 0) is 40.2 Å². The number of alkyl halides is 4. The van der Waals surface area contributed by atoms with Gasteiger partial charge in [0.05, 0.1) is 19.1 Å². The molecule has 0 radical (unpaired) electrons. The van der Waals surface area contributed by atoms with E-state index >= 15 is 8.78 Å². The Morgan fingerprint density at radius 2 is 1.88 bits per heavy atom. The zero-order valence-electron chi connectivity index (χ0n) is 21.3. The molecular weight excluding hydrogens is 590 g/mol. The van der Waals surface area contributed by atoms with Gasteiger partial charge >= 0.3 is 18.5 Å². The monoisotopic (exact) mass is 616 g/mol. The number of carbonyl (C=O) groups is 3. The second-order valence-corrected chi connectivity index (χ2v) is 12.3. The predicted octanol–water partition coefficient (Wildman–Crippen LogP) is 3.20. The summed E-state index contributed by atoms with van der Waals surface area (Å²) < 4.78 is 93.9. The van der Waals surface area contributed by atoms with Gasteiger partial charge in [-0.15, -0.1) is 0 Å². The van der Waals surface area contributed by atoms with Crippen LogP contribution in [0.15, 0.2) is 42.4 Å². The smallest absolute Gasteiger partial charge is 0.323 e. The number of ether oxygens (including phenoxy) is 2. The second-order valence-electron chi connectivity index (χ2n) is 9.19. The molecule has 2 heterocycles. The Morgan fingerprint density at radius 1 is 1.25 bits per heavy atom. The van der Waals surface area contributed by atoms with Gasteiger partial charge in [-0.3, -0.25) is 19.3 Å². The molecule has 17 heteroatoms. The lowest BCUT2D eigenvalue weighted by molar-refractivity contribution is -0.201. The molecule has 40 heavy (non-hydrogen) atoms. The maximum atomic E-state index is 15.1. The van der Waals surface area contributed by atoms with E-state index in [0.717, 1.165) is 0 Å². The molecule has 0 aliphatic carbocycles. The van der Waals surface area contributed by atoms with Gasteiger partial charge in [0.2, 0.25) is 17.9 Å². The molecule has 5 atom stereocenters.